The van der Waals surface area contributed by atoms with Gasteiger partial charge < -0.3 is 16.4 Å². The van der Waals surface area contributed by atoms with Crippen molar-refractivity contribution in [2.75, 3.05) is 11.9 Å². The molecule has 0 aliphatic heterocycles. The van der Waals surface area contributed by atoms with Crippen LogP contribution in [0.15, 0.2) is 54.7 Å². The van der Waals surface area contributed by atoms with Gasteiger partial charge in [-0.05, 0) is 30.7 Å². The molecule has 0 aliphatic rings. The van der Waals surface area contributed by atoms with Crippen LogP contribution in [0.25, 0.3) is 11.4 Å². The Morgan fingerprint density at radius 1 is 1.25 bits per heavy atom. The van der Waals surface area contributed by atoms with Crippen LogP contribution in [-0.4, -0.2) is 22.6 Å². The number of aromatic nitrogens is 1. The third-order valence-corrected chi connectivity index (χ3v) is 3.97. The summed E-state index contributed by atoms with van der Waals surface area (Å²) in [6.45, 7) is 3.95. The second-order valence-electron chi connectivity index (χ2n) is 6.23. The third kappa shape index (κ3) is 6.55. The average molecular weight is 398 g/mol. The predicted molar refractivity (Wildman–Crippen MR) is 116 cm³/mol. The number of nitrogens with one attached hydrogen (secondary N) is 3. The molecule has 1 aromatic heterocycles. The summed E-state index contributed by atoms with van der Waals surface area (Å²) in [6, 6.07) is 11.5. The zero-order valence-corrected chi connectivity index (χ0v) is 16.7. The van der Waals surface area contributed by atoms with Crippen molar-refractivity contribution in [3.05, 3.63) is 71.4 Å². The second kappa shape index (κ2) is 10.3. The molecule has 7 heteroatoms. The van der Waals surface area contributed by atoms with E-state index < -0.39 is 0 Å². The molecule has 2 rings (SSSR count). The average Bonchev–Trinajstić information content (AvgIpc) is 2.63. The fourth-order valence-corrected chi connectivity index (χ4v) is 2.66. The van der Waals surface area contributed by atoms with Crippen molar-refractivity contribution in [3.8, 4) is 0 Å². The Morgan fingerprint density at radius 2 is 2.04 bits per heavy atom. The zero-order chi connectivity index (χ0) is 20.5. The van der Waals surface area contributed by atoms with Crippen molar-refractivity contribution in [1.29, 1.82) is 5.41 Å². The first-order chi connectivity index (χ1) is 13.4. The number of nitrogens with zero attached hydrogens (tertiary/aromatic N) is 1. The van der Waals surface area contributed by atoms with E-state index in [1.165, 1.54) is 6.92 Å². The number of benzene rings is 1. The molecule has 0 radical (unpaired) electrons. The molecule has 0 saturated heterocycles. The lowest BCUT2D eigenvalue weighted by Crippen LogP contribution is -2.18. The smallest absolute Gasteiger partial charge is 0.222 e. The number of allylic oxidation sites excluding steroid dienone is 1. The highest BCUT2D eigenvalue weighted by Gasteiger charge is 2.10. The summed E-state index contributed by atoms with van der Waals surface area (Å²) < 4.78 is 0. The molecule has 0 fully saturated rings. The molecule has 1 aromatic carbocycles. The molecule has 0 bridgehead atoms. The first kappa shape index (κ1) is 21.2. The number of rotatable bonds is 8. The van der Waals surface area contributed by atoms with E-state index in [1.807, 2.05) is 49.4 Å². The van der Waals surface area contributed by atoms with Crippen LogP contribution in [0.1, 0.15) is 30.0 Å². The van der Waals surface area contributed by atoms with Crippen LogP contribution in [0.3, 0.4) is 0 Å². The van der Waals surface area contributed by atoms with Crippen molar-refractivity contribution in [1.82, 2.24) is 10.3 Å². The Balaban J connectivity index is 2.38. The molecule has 1 heterocycles. The van der Waals surface area contributed by atoms with E-state index in [2.05, 4.69) is 15.6 Å². The van der Waals surface area contributed by atoms with E-state index in [1.54, 1.807) is 12.3 Å². The number of hydrogen-bond acceptors (Lipinski definition) is 5. The Labute approximate surface area is 170 Å². The van der Waals surface area contributed by atoms with Crippen molar-refractivity contribution in [3.63, 3.8) is 0 Å². The Kier molecular flexibility index (Phi) is 7.77. The molecule has 146 valence electrons. The molecule has 0 unspecified atom stereocenters. The summed E-state index contributed by atoms with van der Waals surface area (Å²) in [7, 11) is 0. The topological polar surface area (TPSA) is 104 Å². The van der Waals surface area contributed by atoms with Crippen LogP contribution in [0.2, 0.25) is 0 Å². The van der Waals surface area contributed by atoms with E-state index in [4.69, 9.17) is 22.7 Å². The molecular formula is C21H24ClN5O. The van der Waals surface area contributed by atoms with Gasteiger partial charge in [-0.2, -0.15) is 0 Å². The highest BCUT2D eigenvalue weighted by atomic mass is 35.5. The second-order valence-corrected chi connectivity index (χ2v) is 6.69. The number of aryl methyl sites for hydroxylation is 1. The highest BCUT2D eigenvalue weighted by Crippen LogP contribution is 2.22. The summed E-state index contributed by atoms with van der Waals surface area (Å²) >= 11 is 5.56. The number of pyridine rings is 1. The third-order valence-electron chi connectivity index (χ3n) is 3.81. The quantitative estimate of drug-likeness (QED) is 0.400. The van der Waals surface area contributed by atoms with E-state index in [0.717, 1.165) is 22.4 Å². The Bertz CT molecular complexity index is 921. The summed E-state index contributed by atoms with van der Waals surface area (Å²) in [5, 5.41) is 13.3. The maximum atomic E-state index is 11.3. The molecule has 2 aromatic rings. The number of carbonyl (C=O) groups is 1. The fourth-order valence-electron chi connectivity index (χ4n) is 2.58. The van der Waals surface area contributed by atoms with Crippen LogP contribution in [-0.2, 0) is 4.79 Å². The van der Waals surface area contributed by atoms with Crippen LogP contribution in [0.4, 0.5) is 5.82 Å². The maximum absolute atomic E-state index is 11.3. The van der Waals surface area contributed by atoms with Gasteiger partial charge in [0.2, 0.25) is 5.91 Å². The van der Waals surface area contributed by atoms with E-state index in [0.29, 0.717) is 24.5 Å². The molecule has 0 saturated carbocycles. The molecule has 1 amide bonds. The van der Waals surface area contributed by atoms with Gasteiger partial charge in [0.1, 0.15) is 11.0 Å². The largest absolute Gasteiger partial charge is 0.397 e. The zero-order valence-electron chi connectivity index (χ0n) is 15.9. The minimum Gasteiger partial charge on any atom is -0.397 e. The van der Waals surface area contributed by atoms with Crippen LogP contribution >= 0.6 is 11.6 Å². The van der Waals surface area contributed by atoms with Gasteiger partial charge >= 0.3 is 0 Å². The SMILES string of the molecule is CC(=O)Nc1cc(/C(NCC=CCC(=N)Cl)=C(/N)c2cccc(C)c2)ccn1. The van der Waals surface area contributed by atoms with Gasteiger partial charge in [-0.3, -0.25) is 10.2 Å². The number of hydrogen-bond donors (Lipinski definition) is 4. The Morgan fingerprint density at radius 3 is 2.71 bits per heavy atom. The van der Waals surface area contributed by atoms with Crippen LogP contribution in [0.5, 0.6) is 0 Å². The lowest BCUT2D eigenvalue weighted by atomic mass is 10.0. The first-order valence-electron chi connectivity index (χ1n) is 8.79. The molecular weight excluding hydrogens is 374 g/mol. The van der Waals surface area contributed by atoms with Gasteiger partial charge in [0.05, 0.1) is 11.4 Å². The molecule has 0 aliphatic carbocycles. The first-order valence-corrected chi connectivity index (χ1v) is 9.17. The van der Waals surface area contributed by atoms with E-state index in [9.17, 15) is 4.79 Å². The fraction of sp³-hybridized carbons (Fsp3) is 0.190. The van der Waals surface area contributed by atoms with Crippen molar-refractivity contribution < 1.29 is 4.79 Å². The minimum absolute atomic E-state index is 0.0837. The number of amides is 1. The van der Waals surface area contributed by atoms with Gasteiger partial charge in [0.25, 0.3) is 0 Å². The molecule has 6 nitrogen and oxygen atoms in total. The van der Waals surface area contributed by atoms with E-state index in [-0.39, 0.29) is 11.1 Å². The van der Waals surface area contributed by atoms with Crippen LogP contribution < -0.4 is 16.4 Å². The van der Waals surface area contributed by atoms with Crippen molar-refractivity contribution >= 4 is 39.9 Å². The number of nitrogens with two attached hydrogens (primary N) is 1. The number of anilines is 1. The van der Waals surface area contributed by atoms with Crippen molar-refractivity contribution in [2.45, 2.75) is 20.3 Å². The lowest BCUT2D eigenvalue weighted by Gasteiger charge is -2.15. The number of halogens is 1. The van der Waals surface area contributed by atoms with Crippen LogP contribution in [0, 0.1) is 12.3 Å². The van der Waals surface area contributed by atoms with Gasteiger partial charge in [-0.1, -0.05) is 47.5 Å². The summed E-state index contributed by atoms with van der Waals surface area (Å²) in [5.74, 6) is 0.258. The number of carbonyl (C=O) groups excluding carboxylic acids is 1. The van der Waals surface area contributed by atoms with Gasteiger partial charge in [-0.15, -0.1) is 0 Å². The normalized spacial score (nSPS) is 11.8. The predicted octanol–water partition coefficient (Wildman–Crippen LogP) is 3.88. The summed E-state index contributed by atoms with van der Waals surface area (Å²) in [4.78, 5) is 15.5. The van der Waals surface area contributed by atoms with Gasteiger partial charge in [0.15, 0.2) is 0 Å². The molecule has 0 spiro atoms. The van der Waals surface area contributed by atoms with Gasteiger partial charge in [0, 0.05) is 31.6 Å². The van der Waals surface area contributed by atoms with Crippen molar-refractivity contribution in [2.24, 2.45) is 5.73 Å². The molecule has 0 atom stereocenters. The molecule has 28 heavy (non-hydrogen) atoms. The standard InChI is InChI=1S/C21H24ClN5O/c1-14-6-5-7-16(12-14)20(24)21(26-10-4-3-8-18(22)23)17-9-11-25-19(13-17)27-15(2)28/h3-7,9,11-13,23,26H,8,10,24H2,1-2H3,(H,25,27,28)/b4-3?,21-20-,23-18?. The minimum atomic E-state index is -0.193. The molecule has 5 N–H and O–H groups in total. The van der Waals surface area contributed by atoms with E-state index >= 15 is 0 Å². The Hall–Kier alpha value is -3.12. The lowest BCUT2D eigenvalue weighted by molar-refractivity contribution is -0.114. The highest BCUT2D eigenvalue weighted by molar-refractivity contribution is 6.64. The monoisotopic (exact) mass is 397 g/mol. The van der Waals surface area contributed by atoms with Gasteiger partial charge in [-0.25, -0.2) is 4.98 Å². The summed E-state index contributed by atoms with van der Waals surface area (Å²) in [6.07, 6.45) is 5.71. The summed E-state index contributed by atoms with van der Waals surface area (Å²) in [5.41, 5.74) is 10.6. The maximum Gasteiger partial charge on any atom is 0.222 e.